The number of hydrogen-bond acceptors (Lipinski definition) is 2. The average molecular weight is 362 g/mol. The van der Waals surface area contributed by atoms with Crippen molar-refractivity contribution >= 4 is 24.0 Å². The van der Waals surface area contributed by atoms with Crippen molar-refractivity contribution in [3.63, 3.8) is 0 Å². The minimum Gasteiger partial charge on any atom is -0.460 e. The van der Waals surface area contributed by atoms with Crippen LogP contribution in [0.3, 0.4) is 0 Å². The van der Waals surface area contributed by atoms with Crippen LogP contribution in [0.15, 0.2) is 65.1 Å². The van der Waals surface area contributed by atoms with Gasteiger partial charge >= 0.3 is 0 Å². The van der Waals surface area contributed by atoms with Gasteiger partial charge in [0, 0.05) is 10.6 Å². The van der Waals surface area contributed by atoms with Gasteiger partial charge in [-0.15, -0.1) is 12.4 Å². The summed E-state index contributed by atoms with van der Waals surface area (Å²) in [5.74, 6) is 1.80. The van der Waals surface area contributed by atoms with Crippen LogP contribution in [0.5, 0.6) is 0 Å². The Labute approximate surface area is 154 Å². The van der Waals surface area contributed by atoms with Gasteiger partial charge in [0.15, 0.2) is 0 Å². The van der Waals surface area contributed by atoms with Crippen LogP contribution in [0, 0.1) is 6.92 Å². The number of rotatable bonds is 6. The van der Waals surface area contributed by atoms with Gasteiger partial charge in [0.05, 0.1) is 6.54 Å². The maximum atomic E-state index is 6.18. The summed E-state index contributed by atoms with van der Waals surface area (Å²) in [4.78, 5) is 0. The van der Waals surface area contributed by atoms with E-state index in [1.54, 1.807) is 0 Å². The maximum absolute atomic E-state index is 6.18. The second-order valence-electron chi connectivity index (χ2n) is 5.59. The van der Waals surface area contributed by atoms with E-state index in [0.29, 0.717) is 0 Å². The maximum Gasteiger partial charge on any atom is 0.134 e. The Bertz CT molecular complexity index is 768. The van der Waals surface area contributed by atoms with E-state index in [0.717, 1.165) is 47.2 Å². The van der Waals surface area contributed by atoms with Crippen molar-refractivity contribution in [1.29, 1.82) is 0 Å². The van der Waals surface area contributed by atoms with Gasteiger partial charge in [-0.1, -0.05) is 54.1 Å². The van der Waals surface area contributed by atoms with Crippen LogP contribution in [0.1, 0.15) is 16.9 Å². The number of furan rings is 1. The Morgan fingerprint density at radius 3 is 2.54 bits per heavy atom. The monoisotopic (exact) mass is 361 g/mol. The molecule has 126 valence electrons. The summed E-state index contributed by atoms with van der Waals surface area (Å²) in [6.45, 7) is 3.67. The second-order valence-corrected chi connectivity index (χ2v) is 6.00. The zero-order valence-electron chi connectivity index (χ0n) is 13.6. The summed E-state index contributed by atoms with van der Waals surface area (Å²) in [6.07, 6.45) is 1.02. The molecule has 1 heterocycles. The Balaban J connectivity index is 0.00000208. The summed E-state index contributed by atoms with van der Waals surface area (Å²) in [5, 5.41) is 4.19. The summed E-state index contributed by atoms with van der Waals surface area (Å²) in [5.41, 5.74) is 3.44. The van der Waals surface area contributed by atoms with Crippen molar-refractivity contribution in [2.45, 2.75) is 19.9 Å². The SMILES string of the molecule is Cc1c(Cl)cccc1-c1ccc(CNCCc2ccccc2)o1.Cl. The van der Waals surface area contributed by atoms with Crippen LogP contribution >= 0.6 is 24.0 Å². The molecule has 1 N–H and O–H groups in total. The van der Waals surface area contributed by atoms with Crippen molar-refractivity contribution in [2.24, 2.45) is 0 Å². The largest absolute Gasteiger partial charge is 0.460 e. The molecule has 0 aliphatic heterocycles. The molecule has 0 aliphatic rings. The van der Waals surface area contributed by atoms with Crippen LogP contribution in [-0.4, -0.2) is 6.54 Å². The van der Waals surface area contributed by atoms with Crippen molar-refractivity contribution in [1.82, 2.24) is 5.32 Å². The molecular formula is C20H21Cl2NO. The summed E-state index contributed by atoms with van der Waals surface area (Å²) in [6, 6.07) is 20.4. The molecule has 0 bridgehead atoms. The third-order valence-electron chi connectivity index (χ3n) is 3.93. The average Bonchev–Trinajstić information content (AvgIpc) is 3.04. The zero-order chi connectivity index (χ0) is 16.1. The molecule has 0 unspecified atom stereocenters. The molecule has 0 radical (unpaired) electrons. The normalized spacial score (nSPS) is 10.4. The number of halogens is 2. The van der Waals surface area contributed by atoms with Crippen LogP contribution in [0.25, 0.3) is 11.3 Å². The van der Waals surface area contributed by atoms with Crippen LogP contribution < -0.4 is 5.32 Å². The van der Waals surface area contributed by atoms with E-state index in [1.807, 2.05) is 43.3 Å². The second kappa shape index (κ2) is 8.93. The number of hydrogen-bond donors (Lipinski definition) is 1. The van der Waals surface area contributed by atoms with Crippen molar-refractivity contribution < 1.29 is 4.42 Å². The number of benzene rings is 2. The van der Waals surface area contributed by atoms with Crippen molar-refractivity contribution in [3.8, 4) is 11.3 Å². The third-order valence-corrected chi connectivity index (χ3v) is 4.34. The van der Waals surface area contributed by atoms with Gasteiger partial charge in [0.25, 0.3) is 0 Å². The first-order chi connectivity index (χ1) is 11.2. The first-order valence-corrected chi connectivity index (χ1v) is 8.20. The molecule has 0 saturated heterocycles. The molecule has 0 amide bonds. The van der Waals surface area contributed by atoms with E-state index in [4.69, 9.17) is 16.0 Å². The minimum atomic E-state index is 0. The lowest BCUT2D eigenvalue weighted by atomic mass is 10.1. The van der Waals surface area contributed by atoms with Gasteiger partial charge in [0.2, 0.25) is 0 Å². The molecule has 3 rings (SSSR count). The Kier molecular flexibility index (Phi) is 6.92. The van der Waals surface area contributed by atoms with Gasteiger partial charge < -0.3 is 9.73 Å². The van der Waals surface area contributed by atoms with Crippen LogP contribution in [-0.2, 0) is 13.0 Å². The summed E-state index contributed by atoms with van der Waals surface area (Å²) >= 11 is 6.18. The van der Waals surface area contributed by atoms with Gasteiger partial charge in [-0.05, 0) is 49.2 Å². The van der Waals surface area contributed by atoms with E-state index >= 15 is 0 Å². The van der Waals surface area contributed by atoms with Gasteiger partial charge in [-0.2, -0.15) is 0 Å². The zero-order valence-corrected chi connectivity index (χ0v) is 15.2. The van der Waals surface area contributed by atoms with Gasteiger partial charge in [-0.25, -0.2) is 0 Å². The fraction of sp³-hybridized carbons (Fsp3) is 0.200. The van der Waals surface area contributed by atoms with E-state index in [1.165, 1.54) is 5.56 Å². The summed E-state index contributed by atoms with van der Waals surface area (Å²) in [7, 11) is 0. The van der Waals surface area contributed by atoms with Gasteiger partial charge in [-0.3, -0.25) is 0 Å². The van der Waals surface area contributed by atoms with Crippen molar-refractivity contribution in [2.75, 3.05) is 6.54 Å². The van der Waals surface area contributed by atoms with E-state index in [-0.39, 0.29) is 12.4 Å². The standard InChI is InChI=1S/C20H20ClNO.ClH/c1-15-18(8-5-9-19(15)21)20-11-10-17(23-20)14-22-13-12-16-6-3-2-4-7-16;/h2-11,22H,12-14H2,1H3;1H. The quantitative estimate of drug-likeness (QED) is 0.572. The van der Waals surface area contributed by atoms with Crippen molar-refractivity contribution in [3.05, 3.63) is 82.6 Å². The van der Waals surface area contributed by atoms with Crippen LogP contribution in [0.4, 0.5) is 0 Å². The molecular weight excluding hydrogens is 341 g/mol. The third kappa shape index (κ3) is 4.64. The number of nitrogens with one attached hydrogen (secondary N) is 1. The highest BCUT2D eigenvalue weighted by Gasteiger charge is 2.09. The predicted octanol–water partition coefficient (Wildman–Crippen LogP) is 5.66. The first-order valence-electron chi connectivity index (χ1n) is 7.83. The molecule has 4 heteroatoms. The minimum absolute atomic E-state index is 0. The molecule has 0 atom stereocenters. The highest BCUT2D eigenvalue weighted by Crippen LogP contribution is 2.29. The molecule has 0 fully saturated rings. The first kappa shape index (κ1) is 18.6. The molecule has 2 aromatic carbocycles. The molecule has 2 nitrogen and oxygen atoms in total. The molecule has 0 aliphatic carbocycles. The highest BCUT2D eigenvalue weighted by molar-refractivity contribution is 6.31. The van der Waals surface area contributed by atoms with E-state index in [2.05, 4.69) is 29.6 Å². The van der Waals surface area contributed by atoms with Crippen LogP contribution in [0.2, 0.25) is 5.02 Å². The molecule has 3 aromatic rings. The lowest BCUT2D eigenvalue weighted by Crippen LogP contribution is -2.16. The Hall–Kier alpha value is -1.74. The topological polar surface area (TPSA) is 25.2 Å². The Morgan fingerprint density at radius 1 is 0.958 bits per heavy atom. The summed E-state index contributed by atoms with van der Waals surface area (Å²) < 4.78 is 5.94. The predicted molar refractivity (Wildman–Crippen MR) is 103 cm³/mol. The Morgan fingerprint density at radius 2 is 1.75 bits per heavy atom. The van der Waals surface area contributed by atoms with E-state index in [9.17, 15) is 0 Å². The lowest BCUT2D eigenvalue weighted by Gasteiger charge is -2.05. The molecule has 1 aromatic heterocycles. The molecule has 24 heavy (non-hydrogen) atoms. The van der Waals surface area contributed by atoms with E-state index < -0.39 is 0 Å². The van der Waals surface area contributed by atoms with Gasteiger partial charge in [0.1, 0.15) is 11.5 Å². The molecule has 0 spiro atoms. The highest BCUT2D eigenvalue weighted by atomic mass is 35.5. The smallest absolute Gasteiger partial charge is 0.134 e. The lowest BCUT2D eigenvalue weighted by molar-refractivity contribution is 0.494. The fourth-order valence-electron chi connectivity index (χ4n) is 2.58. The fourth-order valence-corrected chi connectivity index (χ4v) is 2.76. The molecule has 0 saturated carbocycles.